The molecule has 2 heteroatoms. The zero-order valence-electron chi connectivity index (χ0n) is 14.5. The Kier molecular flexibility index (Phi) is 8.02. The van der Waals surface area contributed by atoms with Crippen molar-refractivity contribution in [2.45, 2.75) is 26.1 Å². The molecule has 1 saturated heterocycles. The second kappa shape index (κ2) is 10.6. The summed E-state index contributed by atoms with van der Waals surface area (Å²) < 4.78 is 10.4. The molecule has 0 N–H and O–H groups in total. The molecular formula is C22H26O2. The fraction of sp³-hybridized carbons (Fsp3) is 0.273. The van der Waals surface area contributed by atoms with E-state index in [1.54, 1.807) is 0 Å². The minimum absolute atomic E-state index is 0.551. The average molecular weight is 322 g/mol. The van der Waals surface area contributed by atoms with Crippen molar-refractivity contribution in [3.63, 3.8) is 0 Å². The molecule has 0 spiro atoms. The Balaban J connectivity index is 0.000000355. The van der Waals surface area contributed by atoms with Crippen LogP contribution >= 0.6 is 0 Å². The van der Waals surface area contributed by atoms with Crippen molar-refractivity contribution in [2.75, 3.05) is 13.2 Å². The molecule has 2 atom stereocenters. The summed E-state index contributed by atoms with van der Waals surface area (Å²) in [5.74, 6) is 0. The van der Waals surface area contributed by atoms with Gasteiger partial charge in [-0.05, 0) is 25.0 Å². The van der Waals surface area contributed by atoms with Crippen LogP contribution in [-0.2, 0) is 9.47 Å². The summed E-state index contributed by atoms with van der Waals surface area (Å²) in [6, 6.07) is 20.5. The first kappa shape index (κ1) is 18.2. The summed E-state index contributed by atoms with van der Waals surface area (Å²) in [5.41, 5.74) is 2.40. The second-order valence-corrected chi connectivity index (χ2v) is 5.71. The molecule has 1 heterocycles. The Morgan fingerprint density at radius 3 is 1.46 bits per heavy atom. The third-order valence-electron chi connectivity index (χ3n) is 3.66. The molecule has 0 aromatic heterocycles. The van der Waals surface area contributed by atoms with E-state index in [0.717, 1.165) is 0 Å². The quantitative estimate of drug-likeness (QED) is 0.537. The molecule has 1 aliphatic heterocycles. The second-order valence-electron chi connectivity index (χ2n) is 5.71. The molecule has 2 aromatic rings. The van der Waals surface area contributed by atoms with Crippen molar-refractivity contribution < 1.29 is 9.47 Å². The summed E-state index contributed by atoms with van der Waals surface area (Å²) in [4.78, 5) is 0. The van der Waals surface area contributed by atoms with Gasteiger partial charge < -0.3 is 9.47 Å². The van der Waals surface area contributed by atoms with Crippen LogP contribution in [0.5, 0.6) is 0 Å². The molecule has 0 bridgehead atoms. The van der Waals surface area contributed by atoms with Gasteiger partial charge in [0.2, 0.25) is 0 Å². The number of rotatable bonds is 6. The van der Waals surface area contributed by atoms with Crippen LogP contribution in [0.25, 0.3) is 12.2 Å². The first-order chi connectivity index (χ1) is 11.8. The van der Waals surface area contributed by atoms with E-state index in [2.05, 4.69) is 50.3 Å². The molecule has 2 unspecified atom stereocenters. The standard InChI is InChI=1S/C18H18O.C4H8O/c1-3-9-17(10-4-1)13-7-15-19-16-8-14-18-11-5-2-6-12-18;1-3-4(2)5-3/h1-14H,15-16H2;3-4H,1-2H3. The lowest BCUT2D eigenvalue weighted by molar-refractivity contribution is 0.195. The van der Waals surface area contributed by atoms with Crippen LogP contribution in [0.2, 0.25) is 0 Å². The Labute approximate surface area is 145 Å². The minimum Gasteiger partial charge on any atom is -0.373 e. The van der Waals surface area contributed by atoms with Crippen LogP contribution in [0, 0.1) is 0 Å². The van der Waals surface area contributed by atoms with Gasteiger partial charge in [0.25, 0.3) is 0 Å². The van der Waals surface area contributed by atoms with Crippen LogP contribution in [-0.4, -0.2) is 25.4 Å². The van der Waals surface area contributed by atoms with Crippen molar-refractivity contribution in [1.82, 2.24) is 0 Å². The third kappa shape index (κ3) is 7.91. The molecule has 0 saturated carbocycles. The predicted molar refractivity (Wildman–Crippen MR) is 102 cm³/mol. The fourth-order valence-corrected chi connectivity index (χ4v) is 1.99. The highest BCUT2D eigenvalue weighted by Crippen LogP contribution is 2.18. The number of epoxide rings is 1. The van der Waals surface area contributed by atoms with E-state index in [1.807, 2.05) is 48.6 Å². The molecule has 0 aliphatic carbocycles. The highest BCUT2D eigenvalue weighted by Gasteiger charge is 2.27. The lowest BCUT2D eigenvalue weighted by Gasteiger charge is -1.96. The largest absolute Gasteiger partial charge is 0.373 e. The average Bonchev–Trinajstić information content (AvgIpc) is 3.28. The van der Waals surface area contributed by atoms with Gasteiger partial charge in [-0.3, -0.25) is 0 Å². The topological polar surface area (TPSA) is 21.8 Å². The summed E-state index contributed by atoms with van der Waals surface area (Å²) in [6.45, 7) is 5.41. The van der Waals surface area contributed by atoms with E-state index >= 15 is 0 Å². The summed E-state index contributed by atoms with van der Waals surface area (Å²) in [7, 11) is 0. The van der Waals surface area contributed by atoms with Crippen LogP contribution < -0.4 is 0 Å². The lowest BCUT2D eigenvalue weighted by atomic mass is 10.2. The number of ether oxygens (including phenoxy) is 2. The molecule has 2 aromatic carbocycles. The predicted octanol–water partition coefficient (Wildman–Crippen LogP) is 5.22. The lowest BCUT2D eigenvalue weighted by Crippen LogP contribution is -1.90. The number of hydrogen-bond donors (Lipinski definition) is 0. The van der Waals surface area contributed by atoms with Crippen LogP contribution in [0.15, 0.2) is 72.8 Å². The van der Waals surface area contributed by atoms with Crippen LogP contribution in [0.4, 0.5) is 0 Å². The normalized spacial score (nSPS) is 19.2. The van der Waals surface area contributed by atoms with Gasteiger partial charge in [-0.15, -0.1) is 0 Å². The molecule has 2 nitrogen and oxygen atoms in total. The first-order valence-electron chi connectivity index (χ1n) is 8.42. The Hall–Kier alpha value is -2.16. The molecule has 1 aliphatic rings. The van der Waals surface area contributed by atoms with Crippen molar-refractivity contribution in [3.8, 4) is 0 Å². The molecule has 0 amide bonds. The van der Waals surface area contributed by atoms with Gasteiger partial charge in [-0.25, -0.2) is 0 Å². The fourth-order valence-electron chi connectivity index (χ4n) is 1.99. The van der Waals surface area contributed by atoms with Gasteiger partial charge in [0, 0.05) is 0 Å². The van der Waals surface area contributed by atoms with E-state index in [0.29, 0.717) is 25.4 Å². The van der Waals surface area contributed by atoms with Gasteiger partial charge in [0.15, 0.2) is 0 Å². The van der Waals surface area contributed by atoms with Gasteiger partial charge in [-0.1, -0.05) is 85.0 Å². The number of hydrogen-bond acceptors (Lipinski definition) is 2. The summed E-state index contributed by atoms with van der Waals surface area (Å²) in [6.07, 6.45) is 9.31. The number of benzene rings is 2. The van der Waals surface area contributed by atoms with Crippen LogP contribution in [0.3, 0.4) is 0 Å². The third-order valence-corrected chi connectivity index (χ3v) is 3.66. The van der Waals surface area contributed by atoms with E-state index in [1.165, 1.54) is 11.1 Å². The Morgan fingerprint density at radius 1 is 0.750 bits per heavy atom. The first-order valence-corrected chi connectivity index (χ1v) is 8.42. The zero-order chi connectivity index (χ0) is 17.0. The van der Waals surface area contributed by atoms with E-state index in [-0.39, 0.29) is 0 Å². The highest BCUT2D eigenvalue weighted by molar-refractivity contribution is 5.49. The maximum absolute atomic E-state index is 5.50. The van der Waals surface area contributed by atoms with Gasteiger partial charge >= 0.3 is 0 Å². The van der Waals surface area contributed by atoms with Gasteiger partial charge in [-0.2, -0.15) is 0 Å². The highest BCUT2D eigenvalue weighted by atomic mass is 16.6. The van der Waals surface area contributed by atoms with E-state index < -0.39 is 0 Å². The van der Waals surface area contributed by atoms with Crippen molar-refractivity contribution >= 4 is 12.2 Å². The SMILES string of the molecule is C(=Cc1ccccc1)COCC=Cc1ccccc1.CC1OC1C. The van der Waals surface area contributed by atoms with Crippen molar-refractivity contribution in [1.29, 1.82) is 0 Å². The minimum atomic E-state index is 0.551. The van der Waals surface area contributed by atoms with E-state index in [9.17, 15) is 0 Å². The van der Waals surface area contributed by atoms with Gasteiger partial charge in [0.1, 0.15) is 0 Å². The Bertz CT molecular complexity index is 561. The monoisotopic (exact) mass is 322 g/mol. The Morgan fingerprint density at radius 2 is 1.12 bits per heavy atom. The molecule has 0 radical (unpaired) electrons. The summed E-state index contributed by atoms with van der Waals surface area (Å²) >= 11 is 0. The maximum atomic E-state index is 5.50. The molecule has 24 heavy (non-hydrogen) atoms. The molecule has 1 fully saturated rings. The van der Waals surface area contributed by atoms with Crippen LogP contribution in [0.1, 0.15) is 25.0 Å². The molecule has 126 valence electrons. The molecule has 3 rings (SSSR count). The molecular weight excluding hydrogens is 296 g/mol. The van der Waals surface area contributed by atoms with Crippen molar-refractivity contribution in [2.24, 2.45) is 0 Å². The van der Waals surface area contributed by atoms with Crippen molar-refractivity contribution in [3.05, 3.63) is 83.9 Å². The zero-order valence-corrected chi connectivity index (χ0v) is 14.5. The maximum Gasteiger partial charge on any atom is 0.0811 e. The smallest absolute Gasteiger partial charge is 0.0811 e. The van der Waals surface area contributed by atoms with E-state index in [4.69, 9.17) is 9.47 Å². The summed E-state index contributed by atoms with van der Waals surface area (Å²) in [5, 5.41) is 0. The van der Waals surface area contributed by atoms with Gasteiger partial charge in [0.05, 0.1) is 25.4 Å².